The first-order valence-corrected chi connectivity index (χ1v) is 39.0. The first-order chi connectivity index (χ1) is 61.7. The molecule has 8 N–H and O–H groups in total. The van der Waals surface area contributed by atoms with Crippen LogP contribution in [-0.4, -0.2) is 167 Å². The maximum atomic E-state index is 11.8. The van der Waals surface area contributed by atoms with Crippen LogP contribution >= 0.6 is 0 Å². The van der Waals surface area contributed by atoms with Gasteiger partial charge in [-0.3, -0.25) is 0 Å². The maximum absolute atomic E-state index is 11.8. The summed E-state index contributed by atoms with van der Waals surface area (Å²) in [4.78, 5) is 102. The average Bonchev–Trinajstić information content (AvgIpc) is 0.794. The Balaban J connectivity index is 0.000000146. The predicted octanol–water partition coefficient (Wildman–Crippen LogP) is 17.5. The highest BCUT2D eigenvalue weighted by molar-refractivity contribution is 5.92. The molecule has 0 bridgehead atoms. The minimum absolute atomic E-state index is 0.00602. The van der Waals surface area contributed by atoms with Crippen molar-refractivity contribution >= 4 is 23.9 Å². The van der Waals surface area contributed by atoms with E-state index >= 15 is 0 Å². The molecular weight excluding hydrogens is 1630 g/mol. The molecule has 30 nitrogen and oxygen atoms in total. The zero-order valence-corrected chi connectivity index (χ0v) is 70.3. The SMILES string of the molecule is COC(=O)c1ccc(-c2nc(-c3ccccc3O)nc(-c3c(C)cc(OC)cc3O)n2)cc1.COC(=O)c1ccc(-c2nc(-c3ccccc3O)nc(-c3c(C)cccc3O)n2)cc1.COC(=O)c1ccc(-c2nc(-c3ccccc3O)nc(-c3cc(C)cc(C)c3O)n2)cc1.COC(=O)c1ccc(-c2nc(-c3ccccc3O)nc(-c3cc(OC)ccc3O)n2)cc1. The quantitative estimate of drug-likeness (QED) is 0.0292. The Morgan fingerprint density at radius 3 is 0.836 bits per heavy atom. The fraction of sp³-hybridized carbons (Fsp3) is 0.102. The molecule has 0 saturated carbocycles. The lowest BCUT2D eigenvalue weighted by Gasteiger charge is -2.13. The van der Waals surface area contributed by atoms with Crippen LogP contribution in [0.1, 0.15) is 63.7 Å². The summed E-state index contributed by atoms with van der Waals surface area (Å²) in [6, 6.07) is 70.2. The minimum atomic E-state index is -0.455. The molecule has 640 valence electrons. The summed E-state index contributed by atoms with van der Waals surface area (Å²) in [5.74, 6) is 2.58. The summed E-state index contributed by atoms with van der Waals surface area (Å²) in [6.45, 7) is 7.39. The van der Waals surface area contributed by atoms with E-state index in [2.05, 4.69) is 59.8 Å². The molecule has 12 aromatic carbocycles. The number of methoxy groups -OCH3 is 6. The normalized spacial score (nSPS) is 10.6. The molecule has 4 aromatic heterocycles. The summed E-state index contributed by atoms with van der Waals surface area (Å²) >= 11 is 0. The molecule has 0 radical (unpaired) electrons. The molecule has 0 unspecified atom stereocenters. The number of aryl methyl sites for hydroxylation is 4. The van der Waals surface area contributed by atoms with E-state index in [4.69, 9.17) is 28.4 Å². The van der Waals surface area contributed by atoms with Crippen molar-refractivity contribution in [2.45, 2.75) is 27.7 Å². The number of esters is 4. The number of para-hydroxylation sites is 4. The van der Waals surface area contributed by atoms with Crippen molar-refractivity contribution in [3.05, 3.63) is 299 Å². The number of aromatic hydroxyl groups is 8. The Hall–Kier alpha value is -17.4. The van der Waals surface area contributed by atoms with Crippen LogP contribution in [-0.2, 0) is 18.9 Å². The van der Waals surface area contributed by atoms with Gasteiger partial charge in [0, 0.05) is 28.3 Å². The van der Waals surface area contributed by atoms with Gasteiger partial charge >= 0.3 is 23.9 Å². The molecule has 128 heavy (non-hydrogen) atoms. The highest BCUT2D eigenvalue weighted by atomic mass is 16.5. The lowest BCUT2D eigenvalue weighted by atomic mass is 10.0. The van der Waals surface area contributed by atoms with Crippen molar-refractivity contribution in [3.63, 3.8) is 0 Å². The molecule has 0 amide bonds. The van der Waals surface area contributed by atoms with E-state index in [1.165, 1.54) is 60.9 Å². The van der Waals surface area contributed by atoms with E-state index in [0.29, 0.717) is 135 Å². The van der Waals surface area contributed by atoms with Crippen LogP contribution in [0.5, 0.6) is 57.5 Å². The molecule has 4 heterocycles. The van der Waals surface area contributed by atoms with Crippen molar-refractivity contribution in [2.24, 2.45) is 0 Å². The number of phenols is 8. The molecule has 0 spiro atoms. The van der Waals surface area contributed by atoms with Crippen LogP contribution in [0.2, 0.25) is 0 Å². The molecule has 0 fully saturated rings. The fourth-order valence-electron chi connectivity index (χ4n) is 13.2. The topological polar surface area (TPSA) is 440 Å². The smallest absolute Gasteiger partial charge is 0.337 e. The first-order valence-electron chi connectivity index (χ1n) is 39.0. The number of ether oxygens (including phenoxy) is 6. The average molecular weight is 1710 g/mol. The van der Waals surface area contributed by atoms with E-state index < -0.39 is 23.9 Å². The van der Waals surface area contributed by atoms with Gasteiger partial charge in [-0.25, -0.2) is 79.0 Å². The Labute approximate surface area is 732 Å². The van der Waals surface area contributed by atoms with Crippen LogP contribution in [0, 0.1) is 27.7 Å². The van der Waals surface area contributed by atoms with Gasteiger partial charge < -0.3 is 69.3 Å². The molecule has 16 rings (SSSR count). The van der Waals surface area contributed by atoms with E-state index in [9.17, 15) is 60.0 Å². The maximum Gasteiger partial charge on any atom is 0.337 e. The van der Waals surface area contributed by atoms with Gasteiger partial charge in [0.1, 0.15) is 57.5 Å². The molecular formula is C98H80N12O18. The predicted molar refractivity (Wildman–Crippen MR) is 475 cm³/mol. The van der Waals surface area contributed by atoms with E-state index in [-0.39, 0.29) is 92.6 Å². The fourth-order valence-corrected chi connectivity index (χ4v) is 13.2. The number of aromatic nitrogens is 12. The molecule has 0 atom stereocenters. The lowest BCUT2D eigenvalue weighted by Crippen LogP contribution is -2.03. The Bertz CT molecular complexity index is 6800. The third-order valence-electron chi connectivity index (χ3n) is 19.7. The van der Waals surface area contributed by atoms with Crippen LogP contribution < -0.4 is 9.47 Å². The summed E-state index contributed by atoms with van der Waals surface area (Å²) in [5.41, 5.74) is 10.6. The van der Waals surface area contributed by atoms with E-state index in [0.717, 1.165) is 11.1 Å². The summed E-state index contributed by atoms with van der Waals surface area (Å²) < 4.78 is 29.5. The number of carbonyl (C=O) groups is 4. The second kappa shape index (κ2) is 39.6. The molecule has 0 aliphatic carbocycles. The van der Waals surface area contributed by atoms with Crippen molar-refractivity contribution in [1.82, 2.24) is 59.8 Å². The first kappa shape index (κ1) is 88.3. The monoisotopic (exact) mass is 1710 g/mol. The number of carbonyl (C=O) groups excluding carboxylic acids is 4. The van der Waals surface area contributed by atoms with Gasteiger partial charge in [0.15, 0.2) is 69.9 Å². The van der Waals surface area contributed by atoms with E-state index in [1.807, 2.05) is 39.8 Å². The van der Waals surface area contributed by atoms with Gasteiger partial charge in [-0.1, -0.05) is 115 Å². The van der Waals surface area contributed by atoms with Gasteiger partial charge in [-0.05, 0) is 183 Å². The number of hydrogen-bond acceptors (Lipinski definition) is 30. The molecule has 30 heteroatoms. The number of rotatable bonds is 18. The Kier molecular flexibility index (Phi) is 27.3. The third kappa shape index (κ3) is 20.2. The number of phenolic OH excluding ortho intramolecular Hbond substituents is 8. The van der Waals surface area contributed by atoms with Gasteiger partial charge in [0.2, 0.25) is 0 Å². The molecule has 0 aliphatic heterocycles. The standard InChI is InChI=1S/C25H21N3O5.C25H21N3O4.C24H19N3O5.C24H19N3O4/c1-14-12-17(32-2)13-20(30)21(14)24-27-22(15-8-10-16(11-9-15)25(31)33-3)26-23(28-24)18-6-4-5-7-19(18)29;1-14-12-15(2)21(30)19(13-14)24-27-22(16-8-10-17(11-9-16)25(31)32-3)26-23(28-24)18-6-4-5-7-20(18)29;1-31-16-11-12-20(29)18(13-16)23-26-21(14-7-9-15(10-8-14)24(30)32-2)25-22(27-23)17-5-3-4-6-19(17)28;1-14-6-5-9-19(29)20(14)23-26-21(15-10-12-16(13-11-15)24(30)31-2)25-22(27-23)17-7-3-4-8-18(17)28/h4-13,29-30H,1-3H3;4-13,29-30H,1-3H3;3-13,28-29H,1-2H3;3-13,28-29H,1-2H3. The summed E-state index contributed by atoms with van der Waals surface area (Å²) in [6.07, 6.45) is 0. The van der Waals surface area contributed by atoms with E-state index in [1.54, 1.807) is 224 Å². The summed E-state index contributed by atoms with van der Waals surface area (Å²) in [7, 11) is 8.31. The third-order valence-corrected chi connectivity index (χ3v) is 19.7. The lowest BCUT2D eigenvalue weighted by molar-refractivity contribution is 0.0592. The Morgan fingerprint density at radius 2 is 0.516 bits per heavy atom. The van der Waals surface area contributed by atoms with Gasteiger partial charge in [0.05, 0.1) is 109 Å². The highest BCUT2D eigenvalue weighted by Gasteiger charge is 2.25. The second-order valence-corrected chi connectivity index (χ2v) is 28.2. The number of hydrogen-bond donors (Lipinski definition) is 8. The summed E-state index contributed by atoms with van der Waals surface area (Å²) in [5, 5.41) is 83.6. The van der Waals surface area contributed by atoms with Crippen molar-refractivity contribution in [3.8, 4) is 194 Å². The largest absolute Gasteiger partial charge is 0.507 e. The Morgan fingerprint density at radius 1 is 0.227 bits per heavy atom. The second-order valence-electron chi connectivity index (χ2n) is 28.2. The van der Waals surface area contributed by atoms with Crippen LogP contribution in [0.3, 0.4) is 0 Å². The molecule has 0 aliphatic rings. The molecule has 0 saturated heterocycles. The zero-order valence-electron chi connectivity index (χ0n) is 70.3. The van der Waals surface area contributed by atoms with Gasteiger partial charge in [-0.2, -0.15) is 0 Å². The molecule has 16 aromatic rings. The van der Waals surface area contributed by atoms with Gasteiger partial charge in [-0.15, -0.1) is 0 Å². The van der Waals surface area contributed by atoms with Gasteiger partial charge in [0.25, 0.3) is 0 Å². The number of nitrogens with zero attached hydrogens (tertiary/aromatic N) is 12. The van der Waals surface area contributed by atoms with Crippen LogP contribution in [0.15, 0.2) is 255 Å². The van der Waals surface area contributed by atoms with Crippen molar-refractivity contribution in [1.29, 1.82) is 0 Å². The minimum Gasteiger partial charge on any atom is -0.507 e. The van der Waals surface area contributed by atoms with Crippen molar-refractivity contribution < 1.29 is 88.5 Å². The number of benzene rings is 12. The van der Waals surface area contributed by atoms with Crippen LogP contribution in [0.25, 0.3) is 137 Å². The zero-order chi connectivity index (χ0) is 91.0. The highest BCUT2D eigenvalue weighted by Crippen LogP contribution is 2.42. The van der Waals surface area contributed by atoms with Crippen molar-refractivity contribution in [2.75, 3.05) is 42.7 Å². The van der Waals surface area contributed by atoms with Crippen LogP contribution in [0.4, 0.5) is 0 Å².